The van der Waals surface area contributed by atoms with E-state index in [1.165, 1.54) is 22.9 Å². The number of benzene rings is 2. The zero-order valence-corrected chi connectivity index (χ0v) is 16.6. The van der Waals surface area contributed by atoms with E-state index in [9.17, 15) is 4.79 Å². The normalized spacial score (nSPS) is 10.8. The van der Waals surface area contributed by atoms with Crippen molar-refractivity contribution < 1.29 is 4.79 Å². The molecule has 0 aliphatic rings. The van der Waals surface area contributed by atoms with Crippen molar-refractivity contribution in [1.82, 2.24) is 9.55 Å². The summed E-state index contributed by atoms with van der Waals surface area (Å²) in [5.74, 6) is 0.102. The highest BCUT2D eigenvalue weighted by atomic mass is 35.5. The number of aryl methyl sites for hydroxylation is 2. The maximum absolute atomic E-state index is 12.2. The molecule has 2 aromatic carbocycles. The lowest BCUT2D eigenvalue weighted by Crippen LogP contribution is -2.14. The molecule has 0 radical (unpaired) electrons. The molecular weight excluding hydrogens is 389 g/mol. The fourth-order valence-electron chi connectivity index (χ4n) is 2.58. The number of thioether (sulfide) groups is 1. The largest absolute Gasteiger partial charge is 0.325 e. The van der Waals surface area contributed by atoms with Crippen LogP contribution in [-0.2, 0) is 4.79 Å². The number of amides is 1. The summed E-state index contributed by atoms with van der Waals surface area (Å²) in [4.78, 5) is 16.6. The molecule has 0 bridgehead atoms. The second kappa shape index (κ2) is 8.16. The third-order valence-corrected chi connectivity index (χ3v) is 5.33. The van der Waals surface area contributed by atoms with Crippen molar-refractivity contribution in [2.24, 2.45) is 0 Å². The number of rotatable bonds is 5. The number of halogens is 2. The van der Waals surface area contributed by atoms with Crippen LogP contribution in [0.15, 0.2) is 53.9 Å². The van der Waals surface area contributed by atoms with Gasteiger partial charge in [-0.05, 0) is 55.3 Å². The van der Waals surface area contributed by atoms with Gasteiger partial charge in [-0.1, -0.05) is 41.0 Å². The standard InChI is InChI=1S/C19H17Cl2N3OS/c1-12-7-13(2)9-15(8-12)24-6-5-22-19(24)26-11-18(25)23-14-3-4-16(20)17(21)10-14/h3-10H,11H2,1-2H3,(H,23,25). The lowest BCUT2D eigenvalue weighted by atomic mass is 10.1. The second-order valence-electron chi connectivity index (χ2n) is 5.89. The predicted molar refractivity (Wildman–Crippen MR) is 109 cm³/mol. The summed E-state index contributed by atoms with van der Waals surface area (Å²) in [6, 6.07) is 11.3. The Morgan fingerprint density at radius 3 is 2.54 bits per heavy atom. The molecule has 1 amide bonds. The Bertz CT molecular complexity index is 935. The Labute approximate surface area is 166 Å². The number of nitrogens with zero attached hydrogens (tertiary/aromatic N) is 2. The zero-order chi connectivity index (χ0) is 18.7. The lowest BCUT2D eigenvalue weighted by Gasteiger charge is -2.10. The minimum Gasteiger partial charge on any atom is -0.325 e. The van der Waals surface area contributed by atoms with E-state index in [0.29, 0.717) is 15.7 Å². The molecule has 3 aromatic rings. The van der Waals surface area contributed by atoms with Crippen molar-refractivity contribution >= 4 is 46.6 Å². The van der Waals surface area contributed by atoms with Crippen LogP contribution >= 0.6 is 35.0 Å². The van der Waals surface area contributed by atoms with Crippen molar-refractivity contribution in [3.05, 3.63) is 70.0 Å². The molecule has 3 rings (SSSR count). The number of hydrogen-bond acceptors (Lipinski definition) is 3. The summed E-state index contributed by atoms with van der Waals surface area (Å²) in [6.07, 6.45) is 3.63. The van der Waals surface area contributed by atoms with Gasteiger partial charge in [-0.2, -0.15) is 0 Å². The topological polar surface area (TPSA) is 46.9 Å². The fraction of sp³-hybridized carbons (Fsp3) is 0.158. The molecule has 1 aromatic heterocycles. The number of nitrogens with one attached hydrogen (secondary N) is 1. The second-order valence-corrected chi connectivity index (χ2v) is 7.65. The average molecular weight is 406 g/mol. The summed E-state index contributed by atoms with van der Waals surface area (Å²) < 4.78 is 1.98. The van der Waals surface area contributed by atoms with Gasteiger partial charge in [0.15, 0.2) is 5.16 Å². The van der Waals surface area contributed by atoms with E-state index < -0.39 is 0 Å². The number of carbonyl (C=O) groups excluding carboxylic acids is 1. The Kier molecular flexibility index (Phi) is 5.91. The van der Waals surface area contributed by atoms with Crippen LogP contribution in [-0.4, -0.2) is 21.2 Å². The molecule has 0 saturated heterocycles. The van der Waals surface area contributed by atoms with Gasteiger partial charge in [0, 0.05) is 23.8 Å². The Morgan fingerprint density at radius 2 is 1.85 bits per heavy atom. The van der Waals surface area contributed by atoms with E-state index in [0.717, 1.165) is 10.8 Å². The maximum atomic E-state index is 12.2. The summed E-state index contributed by atoms with van der Waals surface area (Å²) in [5, 5.41) is 4.43. The van der Waals surface area contributed by atoms with E-state index in [1.807, 2.05) is 10.8 Å². The molecule has 4 nitrogen and oxygen atoms in total. The molecule has 0 aliphatic carbocycles. The van der Waals surface area contributed by atoms with E-state index in [-0.39, 0.29) is 11.7 Å². The van der Waals surface area contributed by atoms with Crippen LogP contribution in [0.4, 0.5) is 5.69 Å². The van der Waals surface area contributed by atoms with Gasteiger partial charge >= 0.3 is 0 Å². The van der Waals surface area contributed by atoms with Crippen LogP contribution < -0.4 is 5.32 Å². The summed E-state index contributed by atoms with van der Waals surface area (Å²) >= 11 is 13.2. The van der Waals surface area contributed by atoms with Gasteiger partial charge < -0.3 is 5.32 Å². The Balaban J connectivity index is 1.68. The van der Waals surface area contributed by atoms with E-state index in [1.54, 1.807) is 24.4 Å². The molecule has 26 heavy (non-hydrogen) atoms. The monoisotopic (exact) mass is 405 g/mol. The molecule has 7 heteroatoms. The number of hydrogen-bond donors (Lipinski definition) is 1. The average Bonchev–Trinajstić information content (AvgIpc) is 3.04. The number of aromatic nitrogens is 2. The summed E-state index contributed by atoms with van der Waals surface area (Å²) in [6.45, 7) is 4.12. The third kappa shape index (κ3) is 4.61. The molecule has 0 atom stereocenters. The summed E-state index contributed by atoms with van der Waals surface area (Å²) in [5.41, 5.74) is 4.01. The molecule has 1 heterocycles. The molecule has 0 spiro atoms. The molecule has 134 valence electrons. The SMILES string of the molecule is Cc1cc(C)cc(-n2ccnc2SCC(=O)Nc2ccc(Cl)c(Cl)c2)c1. The van der Waals surface area contributed by atoms with Crippen molar-refractivity contribution in [2.75, 3.05) is 11.1 Å². The van der Waals surface area contributed by atoms with Gasteiger partial charge in [0.05, 0.1) is 15.8 Å². The number of carbonyl (C=O) groups is 1. The highest BCUT2D eigenvalue weighted by Gasteiger charge is 2.10. The van der Waals surface area contributed by atoms with Gasteiger partial charge in [0.25, 0.3) is 0 Å². The van der Waals surface area contributed by atoms with Crippen LogP contribution in [0.2, 0.25) is 10.0 Å². The molecule has 1 N–H and O–H groups in total. The van der Waals surface area contributed by atoms with Crippen LogP contribution in [0.1, 0.15) is 11.1 Å². The molecular formula is C19H17Cl2N3OS. The lowest BCUT2D eigenvalue weighted by molar-refractivity contribution is -0.113. The van der Waals surface area contributed by atoms with Gasteiger partial charge in [-0.15, -0.1) is 0 Å². The minimum absolute atomic E-state index is 0.136. The highest BCUT2D eigenvalue weighted by molar-refractivity contribution is 7.99. The summed E-state index contributed by atoms with van der Waals surface area (Å²) in [7, 11) is 0. The zero-order valence-electron chi connectivity index (χ0n) is 14.3. The number of anilines is 1. The Hall–Kier alpha value is -1.95. The van der Waals surface area contributed by atoms with E-state index in [4.69, 9.17) is 23.2 Å². The van der Waals surface area contributed by atoms with Crippen molar-refractivity contribution in [3.8, 4) is 5.69 Å². The molecule has 0 fully saturated rings. The predicted octanol–water partition coefficient (Wildman–Crippen LogP) is 5.53. The van der Waals surface area contributed by atoms with E-state index in [2.05, 4.69) is 42.3 Å². The van der Waals surface area contributed by atoms with Crippen LogP contribution in [0.5, 0.6) is 0 Å². The molecule has 0 aliphatic heterocycles. The molecule has 0 unspecified atom stereocenters. The first-order valence-corrected chi connectivity index (χ1v) is 9.66. The minimum atomic E-state index is -0.136. The Morgan fingerprint density at radius 1 is 1.12 bits per heavy atom. The van der Waals surface area contributed by atoms with Gasteiger partial charge in [-0.25, -0.2) is 4.98 Å². The smallest absolute Gasteiger partial charge is 0.234 e. The van der Waals surface area contributed by atoms with Gasteiger partial charge in [0.1, 0.15) is 0 Å². The van der Waals surface area contributed by atoms with Crippen molar-refractivity contribution in [2.45, 2.75) is 19.0 Å². The fourth-order valence-corrected chi connectivity index (χ4v) is 3.66. The van der Waals surface area contributed by atoms with Gasteiger partial charge in [0.2, 0.25) is 5.91 Å². The van der Waals surface area contributed by atoms with Crippen molar-refractivity contribution in [1.29, 1.82) is 0 Å². The molecule has 0 saturated carbocycles. The van der Waals surface area contributed by atoms with Gasteiger partial charge in [-0.3, -0.25) is 9.36 Å². The maximum Gasteiger partial charge on any atom is 0.234 e. The first-order chi connectivity index (χ1) is 12.4. The van der Waals surface area contributed by atoms with Crippen LogP contribution in [0, 0.1) is 13.8 Å². The quantitative estimate of drug-likeness (QED) is 0.567. The number of imidazole rings is 1. The highest BCUT2D eigenvalue weighted by Crippen LogP contribution is 2.26. The third-order valence-electron chi connectivity index (χ3n) is 3.63. The first-order valence-electron chi connectivity index (χ1n) is 7.92. The van der Waals surface area contributed by atoms with E-state index >= 15 is 0 Å². The first kappa shape index (κ1) is 18.8. The van der Waals surface area contributed by atoms with Crippen LogP contribution in [0.3, 0.4) is 0 Å². The van der Waals surface area contributed by atoms with Crippen LogP contribution in [0.25, 0.3) is 5.69 Å². The van der Waals surface area contributed by atoms with Crippen molar-refractivity contribution in [3.63, 3.8) is 0 Å².